The van der Waals surface area contributed by atoms with E-state index >= 15 is 0 Å². The maximum atomic E-state index is 12.7. The van der Waals surface area contributed by atoms with Crippen molar-refractivity contribution in [3.63, 3.8) is 0 Å². The zero-order chi connectivity index (χ0) is 15.1. The molecular formula is C17H18N2O2S. The first-order valence-corrected chi connectivity index (χ1v) is 8.54. The van der Waals surface area contributed by atoms with E-state index < -0.39 is 0 Å². The highest BCUT2D eigenvalue weighted by molar-refractivity contribution is 7.09. The second-order valence-corrected chi connectivity index (χ2v) is 6.94. The smallest absolute Gasteiger partial charge is 0.231 e. The van der Waals surface area contributed by atoms with Crippen molar-refractivity contribution in [3.8, 4) is 5.75 Å². The molecule has 114 valence electrons. The lowest BCUT2D eigenvalue weighted by Gasteiger charge is -2.18. The van der Waals surface area contributed by atoms with Gasteiger partial charge in [-0.3, -0.25) is 4.79 Å². The summed E-state index contributed by atoms with van der Waals surface area (Å²) in [6, 6.07) is 7.84. The third-order valence-electron chi connectivity index (χ3n) is 4.31. The Labute approximate surface area is 133 Å². The molecular weight excluding hydrogens is 296 g/mol. The van der Waals surface area contributed by atoms with E-state index in [1.807, 2.05) is 36.6 Å². The highest BCUT2D eigenvalue weighted by atomic mass is 32.1. The number of amides is 1. The lowest BCUT2D eigenvalue weighted by molar-refractivity contribution is -0.123. The summed E-state index contributed by atoms with van der Waals surface area (Å²) in [6.45, 7) is 2.42. The van der Waals surface area contributed by atoms with E-state index in [4.69, 9.17) is 4.74 Å². The Bertz CT molecular complexity index is 708. The molecule has 2 aromatic rings. The zero-order valence-corrected chi connectivity index (χ0v) is 13.2. The van der Waals surface area contributed by atoms with Crippen molar-refractivity contribution >= 4 is 17.2 Å². The molecule has 5 heteroatoms. The predicted molar refractivity (Wildman–Crippen MR) is 85.1 cm³/mol. The van der Waals surface area contributed by atoms with Crippen molar-refractivity contribution in [2.75, 3.05) is 6.61 Å². The molecule has 1 aliphatic carbocycles. The molecule has 0 radical (unpaired) electrons. The normalized spacial score (nSPS) is 21.0. The van der Waals surface area contributed by atoms with Gasteiger partial charge in [-0.2, -0.15) is 0 Å². The highest BCUT2D eigenvalue weighted by Gasteiger charge is 2.38. The number of nitrogens with one attached hydrogen (secondary N) is 1. The SMILES string of the molecule is Cc1csc([C@H](NC(=O)[C@@H]2COc3ccccc32)C2CC2)n1. The van der Waals surface area contributed by atoms with Crippen LogP contribution >= 0.6 is 11.3 Å². The van der Waals surface area contributed by atoms with E-state index in [1.165, 1.54) is 12.8 Å². The van der Waals surface area contributed by atoms with Gasteiger partial charge in [0.25, 0.3) is 0 Å². The highest BCUT2D eigenvalue weighted by Crippen LogP contribution is 2.42. The first-order valence-electron chi connectivity index (χ1n) is 7.66. The molecule has 1 saturated carbocycles. The minimum Gasteiger partial charge on any atom is -0.492 e. The van der Waals surface area contributed by atoms with Crippen LogP contribution in [-0.2, 0) is 4.79 Å². The molecule has 0 unspecified atom stereocenters. The third-order valence-corrected chi connectivity index (χ3v) is 5.36. The number of carbonyl (C=O) groups is 1. The molecule has 22 heavy (non-hydrogen) atoms. The van der Waals surface area contributed by atoms with Crippen molar-refractivity contribution in [1.29, 1.82) is 0 Å². The number of aryl methyl sites for hydroxylation is 1. The maximum Gasteiger partial charge on any atom is 0.231 e. The molecule has 1 aromatic heterocycles. The topological polar surface area (TPSA) is 51.2 Å². The maximum absolute atomic E-state index is 12.7. The summed E-state index contributed by atoms with van der Waals surface area (Å²) in [4.78, 5) is 17.3. The Morgan fingerprint density at radius 1 is 1.41 bits per heavy atom. The molecule has 1 N–H and O–H groups in total. The molecule has 4 nitrogen and oxygen atoms in total. The predicted octanol–water partition coefficient (Wildman–Crippen LogP) is 3.20. The van der Waals surface area contributed by atoms with Crippen LogP contribution in [0, 0.1) is 12.8 Å². The standard InChI is InChI=1S/C17H18N2O2S/c1-10-9-22-17(18-10)15(11-6-7-11)19-16(20)13-8-21-14-5-3-2-4-12(13)14/h2-5,9,11,13,15H,6-8H2,1H3,(H,19,20)/t13-,15-/m1/s1. The number of hydrogen-bond acceptors (Lipinski definition) is 4. The van der Waals surface area contributed by atoms with Crippen LogP contribution in [0.3, 0.4) is 0 Å². The third kappa shape index (κ3) is 2.50. The van der Waals surface area contributed by atoms with E-state index in [9.17, 15) is 4.79 Å². The van der Waals surface area contributed by atoms with Crippen LogP contribution in [0.4, 0.5) is 0 Å². The minimum atomic E-state index is -0.210. The average molecular weight is 314 g/mol. The Morgan fingerprint density at radius 2 is 2.23 bits per heavy atom. The summed E-state index contributed by atoms with van der Waals surface area (Å²) >= 11 is 1.64. The van der Waals surface area contributed by atoms with E-state index in [1.54, 1.807) is 11.3 Å². The van der Waals surface area contributed by atoms with Crippen LogP contribution in [0.15, 0.2) is 29.6 Å². The summed E-state index contributed by atoms with van der Waals surface area (Å²) in [5, 5.41) is 6.30. The first-order chi connectivity index (χ1) is 10.7. The molecule has 2 heterocycles. The van der Waals surface area contributed by atoms with E-state index in [2.05, 4.69) is 10.3 Å². The molecule has 2 atom stereocenters. The lowest BCUT2D eigenvalue weighted by Crippen LogP contribution is -2.34. The fraction of sp³-hybridized carbons (Fsp3) is 0.412. The van der Waals surface area contributed by atoms with Crippen LogP contribution in [0.5, 0.6) is 5.75 Å². The van der Waals surface area contributed by atoms with Gasteiger partial charge in [0, 0.05) is 16.6 Å². The first kappa shape index (κ1) is 13.8. The summed E-state index contributed by atoms with van der Waals surface area (Å²) in [5.74, 6) is 1.20. The number of para-hydroxylation sites is 1. The molecule has 2 aliphatic rings. The molecule has 1 aromatic carbocycles. The number of carbonyl (C=O) groups excluding carboxylic acids is 1. The number of benzene rings is 1. The quantitative estimate of drug-likeness (QED) is 0.943. The fourth-order valence-electron chi connectivity index (χ4n) is 2.96. The lowest BCUT2D eigenvalue weighted by atomic mass is 10.00. The second kappa shape index (κ2) is 5.39. The molecule has 1 fully saturated rings. The largest absolute Gasteiger partial charge is 0.492 e. The van der Waals surface area contributed by atoms with E-state index in [0.717, 1.165) is 22.0 Å². The van der Waals surface area contributed by atoms with Gasteiger partial charge in [-0.25, -0.2) is 4.98 Å². The summed E-state index contributed by atoms with van der Waals surface area (Å²) in [7, 11) is 0. The molecule has 0 saturated heterocycles. The van der Waals surface area contributed by atoms with Crippen LogP contribution in [0.25, 0.3) is 0 Å². The van der Waals surface area contributed by atoms with Crippen LogP contribution in [0.1, 0.15) is 41.1 Å². The summed E-state index contributed by atoms with van der Waals surface area (Å²) in [6.07, 6.45) is 2.34. The van der Waals surface area contributed by atoms with Crippen molar-refractivity contribution in [1.82, 2.24) is 10.3 Å². The van der Waals surface area contributed by atoms with Gasteiger partial charge in [0.1, 0.15) is 23.3 Å². The Balaban J connectivity index is 1.53. The van der Waals surface area contributed by atoms with Crippen LogP contribution in [0.2, 0.25) is 0 Å². The zero-order valence-electron chi connectivity index (χ0n) is 12.4. The second-order valence-electron chi connectivity index (χ2n) is 6.05. The van der Waals surface area contributed by atoms with Crippen molar-refractivity contribution in [3.05, 3.63) is 45.9 Å². The van der Waals surface area contributed by atoms with E-state index in [-0.39, 0.29) is 17.9 Å². The number of fused-ring (bicyclic) bond motifs is 1. The Morgan fingerprint density at radius 3 is 2.95 bits per heavy atom. The number of aromatic nitrogens is 1. The van der Waals surface area contributed by atoms with Crippen LogP contribution < -0.4 is 10.1 Å². The number of rotatable bonds is 4. The van der Waals surface area contributed by atoms with Gasteiger partial charge in [-0.1, -0.05) is 18.2 Å². The Kier molecular flexibility index (Phi) is 3.37. The minimum absolute atomic E-state index is 0.0507. The number of ether oxygens (including phenoxy) is 1. The van der Waals surface area contributed by atoms with Gasteiger partial charge in [0.05, 0.1) is 6.04 Å². The number of thiazole rings is 1. The van der Waals surface area contributed by atoms with Gasteiger partial charge >= 0.3 is 0 Å². The van der Waals surface area contributed by atoms with Gasteiger partial charge < -0.3 is 10.1 Å². The summed E-state index contributed by atoms with van der Waals surface area (Å²) < 4.78 is 5.63. The number of nitrogens with zero attached hydrogens (tertiary/aromatic N) is 1. The van der Waals surface area contributed by atoms with Crippen LogP contribution in [-0.4, -0.2) is 17.5 Å². The van der Waals surface area contributed by atoms with Crippen molar-refractivity contribution < 1.29 is 9.53 Å². The van der Waals surface area contributed by atoms with Gasteiger partial charge in [0.15, 0.2) is 0 Å². The average Bonchev–Trinajstić information content (AvgIpc) is 3.12. The molecule has 0 spiro atoms. The molecule has 4 rings (SSSR count). The van der Waals surface area contributed by atoms with Crippen molar-refractivity contribution in [2.45, 2.75) is 31.7 Å². The van der Waals surface area contributed by atoms with Gasteiger partial charge in [0.2, 0.25) is 5.91 Å². The van der Waals surface area contributed by atoms with E-state index in [0.29, 0.717) is 12.5 Å². The number of hydrogen-bond donors (Lipinski definition) is 1. The Hall–Kier alpha value is -1.88. The molecule has 1 aliphatic heterocycles. The van der Waals surface area contributed by atoms with Gasteiger partial charge in [-0.15, -0.1) is 11.3 Å². The molecule has 0 bridgehead atoms. The monoisotopic (exact) mass is 314 g/mol. The molecule has 1 amide bonds. The van der Waals surface area contributed by atoms with Gasteiger partial charge in [-0.05, 0) is 31.7 Å². The van der Waals surface area contributed by atoms with Crippen molar-refractivity contribution in [2.24, 2.45) is 5.92 Å². The summed E-state index contributed by atoms with van der Waals surface area (Å²) in [5.41, 5.74) is 2.01. The fourth-order valence-corrected chi connectivity index (χ4v) is 3.90.